The first kappa shape index (κ1) is 15.9. The Morgan fingerprint density at radius 2 is 2.08 bits per heavy atom. The van der Waals surface area contributed by atoms with Gasteiger partial charge in [0.2, 0.25) is 5.89 Å². The number of aromatic nitrogens is 4. The minimum Gasteiger partial charge on any atom is -0.338 e. The van der Waals surface area contributed by atoms with Crippen LogP contribution in [0.4, 0.5) is 0 Å². The van der Waals surface area contributed by atoms with Crippen LogP contribution in [-0.4, -0.2) is 19.8 Å². The van der Waals surface area contributed by atoms with Gasteiger partial charge in [0.25, 0.3) is 5.56 Å². The molecule has 7 nitrogen and oxygen atoms in total. The molecule has 9 heteroatoms. The summed E-state index contributed by atoms with van der Waals surface area (Å²) < 4.78 is 6.15. The summed E-state index contributed by atoms with van der Waals surface area (Å²) in [6, 6.07) is 9.73. The van der Waals surface area contributed by atoms with E-state index in [-0.39, 0.29) is 5.56 Å². The number of fused-ring (bicyclic) bond motifs is 1. The summed E-state index contributed by atoms with van der Waals surface area (Å²) in [5, 5.41) is 6.62. The van der Waals surface area contributed by atoms with E-state index >= 15 is 0 Å². The molecule has 0 aliphatic heterocycles. The number of benzene rings is 1. The molecule has 0 amide bonds. The van der Waals surface area contributed by atoms with E-state index in [4.69, 9.17) is 10.4 Å². The summed E-state index contributed by atoms with van der Waals surface area (Å²) in [7, 11) is 0. The Balaban J connectivity index is 1.74. The second kappa shape index (κ2) is 6.34. The van der Waals surface area contributed by atoms with Crippen molar-refractivity contribution in [3.05, 3.63) is 57.8 Å². The number of hydrogen-bond acceptors (Lipinski definition) is 8. The van der Waals surface area contributed by atoms with Gasteiger partial charge in [-0.25, -0.2) is 9.66 Å². The molecular formula is C16H13N5O2S2. The standard InChI is InChI=1S/C16H13N5O2S2/c1-9-18-12(23-20-9)8-25-16-19-14-13(15(22)21(16)17)11(7-24-14)10-5-3-2-4-6-10/h2-7H,8,17H2,1H3. The van der Waals surface area contributed by atoms with E-state index in [1.54, 1.807) is 6.92 Å². The van der Waals surface area contributed by atoms with Gasteiger partial charge >= 0.3 is 0 Å². The van der Waals surface area contributed by atoms with Crippen molar-refractivity contribution < 1.29 is 4.52 Å². The molecule has 0 fully saturated rings. The summed E-state index contributed by atoms with van der Waals surface area (Å²) in [5.41, 5.74) is 1.55. The largest absolute Gasteiger partial charge is 0.338 e. The van der Waals surface area contributed by atoms with Gasteiger partial charge in [-0.3, -0.25) is 4.79 Å². The van der Waals surface area contributed by atoms with Crippen molar-refractivity contribution >= 4 is 33.3 Å². The minimum atomic E-state index is -0.269. The molecule has 3 heterocycles. The van der Waals surface area contributed by atoms with E-state index in [9.17, 15) is 4.79 Å². The quantitative estimate of drug-likeness (QED) is 0.334. The van der Waals surface area contributed by atoms with Crippen LogP contribution in [0.15, 0.2) is 50.2 Å². The Morgan fingerprint density at radius 3 is 2.80 bits per heavy atom. The SMILES string of the molecule is Cc1noc(CSc2nc3scc(-c4ccccc4)c3c(=O)n2N)n1. The van der Waals surface area contributed by atoms with Crippen molar-refractivity contribution in [3.8, 4) is 11.1 Å². The van der Waals surface area contributed by atoms with Gasteiger partial charge < -0.3 is 10.4 Å². The molecule has 4 aromatic rings. The lowest BCUT2D eigenvalue weighted by molar-refractivity contribution is 0.387. The average Bonchev–Trinajstić information content (AvgIpc) is 3.24. The molecule has 1 aromatic carbocycles. The highest BCUT2D eigenvalue weighted by molar-refractivity contribution is 7.98. The molecule has 0 saturated heterocycles. The molecule has 0 radical (unpaired) electrons. The second-order valence-corrected chi connectivity index (χ2v) is 7.09. The van der Waals surface area contributed by atoms with Crippen LogP contribution in [0.25, 0.3) is 21.3 Å². The van der Waals surface area contributed by atoms with Crippen molar-refractivity contribution in [1.82, 2.24) is 19.8 Å². The molecule has 0 atom stereocenters. The molecule has 0 bridgehead atoms. The van der Waals surface area contributed by atoms with Crippen LogP contribution in [0.2, 0.25) is 0 Å². The zero-order valence-corrected chi connectivity index (χ0v) is 14.8. The predicted octanol–water partition coefficient (Wildman–Crippen LogP) is 2.82. The van der Waals surface area contributed by atoms with E-state index in [1.165, 1.54) is 23.1 Å². The van der Waals surface area contributed by atoms with Crippen LogP contribution in [0.3, 0.4) is 0 Å². The van der Waals surface area contributed by atoms with Crippen LogP contribution in [-0.2, 0) is 5.75 Å². The highest BCUT2D eigenvalue weighted by atomic mass is 32.2. The predicted molar refractivity (Wildman–Crippen MR) is 98.1 cm³/mol. The third-order valence-corrected chi connectivity index (χ3v) is 5.40. The minimum absolute atomic E-state index is 0.269. The van der Waals surface area contributed by atoms with Crippen LogP contribution in [0.1, 0.15) is 11.7 Å². The van der Waals surface area contributed by atoms with Gasteiger partial charge in [-0.15, -0.1) is 11.3 Å². The van der Waals surface area contributed by atoms with E-state index in [0.29, 0.717) is 32.8 Å². The van der Waals surface area contributed by atoms with E-state index in [1.807, 2.05) is 35.7 Å². The van der Waals surface area contributed by atoms with Crippen molar-refractivity contribution in [2.75, 3.05) is 5.84 Å². The van der Waals surface area contributed by atoms with Gasteiger partial charge in [0.1, 0.15) is 4.83 Å². The zero-order chi connectivity index (χ0) is 17.4. The maximum absolute atomic E-state index is 12.8. The molecule has 0 aliphatic carbocycles. The number of rotatable bonds is 4. The summed E-state index contributed by atoms with van der Waals surface area (Å²) in [6.45, 7) is 1.75. The van der Waals surface area contributed by atoms with Gasteiger partial charge in [-0.05, 0) is 12.5 Å². The van der Waals surface area contributed by atoms with Gasteiger partial charge in [-0.1, -0.05) is 47.3 Å². The monoisotopic (exact) mass is 371 g/mol. The fourth-order valence-electron chi connectivity index (χ4n) is 2.44. The van der Waals surface area contributed by atoms with Crippen molar-refractivity contribution in [1.29, 1.82) is 0 Å². The van der Waals surface area contributed by atoms with Gasteiger partial charge in [0.05, 0.1) is 11.1 Å². The number of hydrogen-bond donors (Lipinski definition) is 1. The fraction of sp³-hybridized carbons (Fsp3) is 0.125. The molecule has 4 rings (SSSR count). The van der Waals surface area contributed by atoms with Gasteiger partial charge in [0.15, 0.2) is 11.0 Å². The van der Waals surface area contributed by atoms with E-state index in [0.717, 1.165) is 15.8 Å². The first-order valence-electron chi connectivity index (χ1n) is 7.40. The van der Waals surface area contributed by atoms with Crippen LogP contribution in [0, 0.1) is 6.92 Å². The highest BCUT2D eigenvalue weighted by Gasteiger charge is 2.17. The maximum Gasteiger partial charge on any atom is 0.282 e. The lowest BCUT2D eigenvalue weighted by Gasteiger charge is -2.06. The summed E-state index contributed by atoms with van der Waals surface area (Å²) >= 11 is 2.71. The smallest absolute Gasteiger partial charge is 0.282 e. The normalized spacial score (nSPS) is 11.2. The van der Waals surface area contributed by atoms with Crippen molar-refractivity contribution in [2.24, 2.45) is 0 Å². The molecule has 0 unspecified atom stereocenters. The second-order valence-electron chi connectivity index (χ2n) is 5.29. The first-order chi connectivity index (χ1) is 12.1. The molecule has 25 heavy (non-hydrogen) atoms. The number of thiophene rings is 1. The lowest BCUT2D eigenvalue weighted by atomic mass is 10.1. The van der Waals surface area contributed by atoms with E-state index < -0.39 is 0 Å². The molecule has 126 valence electrons. The summed E-state index contributed by atoms with van der Waals surface area (Å²) in [5.74, 6) is 7.41. The van der Waals surface area contributed by atoms with E-state index in [2.05, 4.69) is 15.1 Å². The zero-order valence-electron chi connectivity index (χ0n) is 13.2. The van der Waals surface area contributed by atoms with Crippen LogP contribution >= 0.6 is 23.1 Å². The number of thioether (sulfide) groups is 1. The van der Waals surface area contributed by atoms with Gasteiger partial charge in [0, 0.05) is 10.9 Å². The van der Waals surface area contributed by atoms with Crippen molar-refractivity contribution in [2.45, 2.75) is 17.8 Å². The fourth-order valence-corrected chi connectivity index (χ4v) is 4.18. The molecule has 0 aliphatic rings. The molecular weight excluding hydrogens is 358 g/mol. The van der Waals surface area contributed by atoms with Crippen LogP contribution < -0.4 is 11.4 Å². The molecule has 3 aromatic heterocycles. The first-order valence-corrected chi connectivity index (χ1v) is 9.27. The Morgan fingerprint density at radius 1 is 1.28 bits per heavy atom. The Kier molecular flexibility index (Phi) is 4.02. The van der Waals surface area contributed by atoms with Gasteiger partial charge in [-0.2, -0.15) is 4.98 Å². The summed E-state index contributed by atoms with van der Waals surface area (Å²) in [6.07, 6.45) is 0. The molecule has 0 spiro atoms. The Hall–Kier alpha value is -2.65. The molecule has 2 N–H and O–H groups in total. The number of nitrogens with two attached hydrogens (primary N) is 1. The van der Waals surface area contributed by atoms with Crippen LogP contribution in [0.5, 0.6) is 0 Å². The third-order valence-electron chi connectivity index (χ3n) is 3.59. The Bertz CT molecular complexity index is 1100. The highest BCUT2D eigenvalue weighted by Crippen LogP contribution is 2.32. The number of nitrogen functional groups attached to an aromatic ring is 1. The third kappa shape index (κ3) is 2.92. The Labute approximate surface area is 150 Å². The lowest BCUT2D eigenvalue weighted by Crippen LogP contribution is -2.29. The van der Waals surface area contributed by atoms with Crippen molar-refractivity contribution in [3.63, 3.8) is 0 Å². The molecule has 0 saturated carbocycles. The maximum atomic E-state index is 12.8. The topological polar surface area (TPSA) is 99.8 Å². The summed E-state index contributed by atoms with van der Waals surface area (Å²) in [4.78, 5) is 22.1. The number of nitrogens with zero attached hydrogens (tertiary/aromatic N) is 4. The number of aryl methyl sites for hydroxylation is 1. The average molecular weight is 371 g/mol.